The number of aromatic nitrogens is 2. The van der Waals surface area contributed by atoms with Gasteiger partial charge in [0.25, 0.3) is 0 Å². The van der Waals surface area contributed by atoms with Crippen LogP contribution in [0.1, 0.15) is 17.3 Å². The molecule has 0 saturated heterocycles. The monoisotopic (exact) mass is 242 g/mol. The average molecular weight is 242 g/mol. The highest BCUT2D eigenvalue weighted by atomic mass is 32.1. The summed E-state index contributed by atoms with van der Waals surface area (Å²) in [5.74, 6) is 4.24. The quantitative estimate of drug-likeness (QED) is 0.630. The topological polar surface area (TPSA) is 63.8 Å². The van der Waals surface area contributed by atoms with E-state index in [0.29, 0.717) is 5.69 Å². The van der Waals surface area contributed by atoms with Gasteiger partial charge in [0.2, 0.25) is 0 Å². The number of hydrogen-bond acceptors (Lipinski definition) is 5. The third kappa shape index (κ3) is 2.06. The van der Waals surface area contributed by atoms with Crippen molar-refractivity contribution in [3.63, 3.8) is 0 Å². The molecule has 0 aliphatic heterocycles. The average Bonchev–Trinajstić information content (AvgIpc) is 2.78. The second kappa shape index (κ2) is 4.60. The molecule has 0 bridgehead atoms. The Morgan fingerprint density at radius 2 is 2.19 bits per heavy atom. The van der Waals surface area contributed by atoms with E-state index in [0.717, 1.165) is 29.9 Å². The maximum atomic E-state index is 13.5. The molecular weight excluding hydrogens is 234 g/mol. The van der Waals surface area contributed by atoms with Gasteiger partial charge in [-0.15, -0.1) is 0 Å². The number of rotatable bonds is 3. The molecule has 2 rings (SSSR count). The number of nitrogens with zero attached hydrogens (tertiary/aromatic N) is 2. The van der Waals surface area contributed by atoms with Crippen LogP contribution in [0, 0.1) is 11.6 Å². The zero-order valence-corrected chi connectivity index (χ0v) is 8.84. The van der Waals surface area contributed by atoms with Gasteiger partial charge in [-0.2, -0.15) is 8.75 Å². The molecule has 1 aromatic carbocycles. The SMILES string of the molecule is NNC(c1cnsn1)c1cc(F)ccc1F. The van der Waals surface area contributed by atoms with Crippen LogP contribution in [0.4, 0.5) is 8.78 Å². The minimum atomic E-state index is -0.700. The fourth-order valence-corrected chi connectivity index (χ4v) is 1.82. The van der Waals surface area contributed by atoms with Crippen LogP contribution in [0.25, 0.3) is 0 Å². The highest BCUT2D eigenvalue weighted by Crippen LogP contribution is 2.23. The van der Waals surface area contributed by atoms with Crippen LogP contribution >= 0.6 is 11.7 Å². The van der Waals surface area contributed by atoms with Crippen molar-refractivity contribution >= 4 is 11.7 Å². The smallest absolute Gasteiger partial charge is 0.128 e. The summed E-state index contributed by atoms with van der Waals surface area (Å²) in [5, 5.41) is 0. The van der Waals surface area contributed by atoms with E-state index in [2.05, 4.69) is 14.2 Å². The van der Waals surface area contributed by atoms with Gasteiger partial charge in [0.05, 0.1) is 29.7 Å². The van der Waals surface area contributed by atoms with Crippen molar-refractivity contribution in [3.05, 3.63) is 47.3 Å². The van der Waals surface area contributed by atoms with Crippen molar-refractivity contribution < 1.29 is 8.78 Å². The second-order valence-electron chi connectivity index (χ2n) is 3.10. The Morgan fingerprint density at radius 1 is 1.38 bits per heavy atom. The van der Waals surface area contributed by atoms with E-state index in [-0.39, 0.29) is 5.56 Å². The van der Waals surface area contributed by atoms with Crippen LogP contribution in [0.3, 0.4) is 0 Å². The number of hydrazine groups is 1. The van der Waals surface area contributed by atoms with Crippen LogP contribution in [-0.4, -0.2) is 8.75 Å². The minimum Gasteiger partial charge on any atom is -0.271 e. The molecule has 0 fully saturated rings. The first kappa shape index (κ1) is 11.1. The predicted octanol–water partition coefficient (Wildman–Crippen LogP) is 1.37. The lowest BCUT2D eigenvalue weighted by atomic mass is 10.0. The van der Waals surface area contributed by atoms with Crippen molar-refractivity contribution in [1.29, 1.82) is 0 Å². The Bertz CT molecular complexity index is 474. The third-order valence-electron chi connectivity index (χ3n) is 2.11. The summed E-state index contributed by atoms with van der Waals surface area (Å²) in [5.41, 5.74) is 2.95. The lowest BCUT2D eigenvalue weighted by Crippen LogP contribution is -2.29. The molecule has 1 aromatic heterocycles. The second-order valence-corrected chi connectivity index (χ2v) is 3.65. The lowest BCUT2D eigenvalue weighted by Gasteiger charge is -2.14. The highest BCUT2D eigenvalue weighted by molar-refractivity contribution is 6.99. The zero-order chi connectivity index (χ0) is 11.5. The molecule has 4 nitrogen and oxygen atoms in total. The van der Waals surface area contributed by atoms with Crippen LogP contribution in [-0.2, 0) is 0 Å². The van der Waals surface area contributed by atoms with Gasteiger partial charge in [0.15, 0.2) is 0 Å². The number of hydrogen-bond donors (Lipinski definition) is 2. The predicted molar refractivity (Wildman–Crippen MR) is 55.4 cm³/mol. The third-order valence-corrected chi connectivity index (χ3v) is 2.60. The van der Waals surface area contributed by atoms with E-state index < -0.39 is 17.7 Å². The lowest BCUT2D eigenvalue weighted by molar-refractivity contribution is 0.541. The fourth-order valence-electron chi connectivity index (χ4n) is 1.37. The van der Waals surface area contributed by atoms with Gasteiger partial charge in [-0.3, -0.25) is 5.84 Å². The van der Waals surface area contributed by atoms with Gasteiger partial charge >= 0.3 is 0 Å². The van der Waals surface area contributed by atoms with Crippen molar-refractivity contribution in [1.82, 2.24) is 14.2 Å². The Hall–Kier alpha value is -1.44. The van der Waals surface area contributed by atoms with Crippen LogP contribution < -0.4 is 11.3 Å². The summed E-state index contributed by atoms with van der Waals surface area (Å²) in [6, 6.07) is 2.48. The number of nitrogens with one attached hydrogen (secondary N) is 1. The summed E-state index contributed by atoms with van der Waals surface area (Å²) in [6.45, 7) is 0. The zero-order valence-electron chi connectivity index (χ0n) is 8.02. The largest absolute Gasteiger partial charge is 0.271 e. The molecule has 0 spiro atoms. The molecule has 7 heteroatoms. The van der Waals surface area contributed by atoms with Crippen molar-refractivity contribution in [2.24, 2.45) is 5.84 Å². The van der Waals surface area contributed by atoms with Crippen LogP contribution in [0.2, 0.25) is 0 Å². The number of benzene rings is 1. The Balaban J connectivity index is 2.44. The molecule has 2 aromatic rings. The maximum Gasteiger partial charge on any atom is 0.128 e. The van der Waals surface area contributed by atoms with Gasteiger partial charge in [0.1, 0.15) is 11.6 Å². The molecule has 1 heterocycles. The van der Waals surface area contributed by atoms with Gasteiger partial charge < -0.3 is 0 Å². The first-order valence-corrected chi connectivity index (χ1v) is 5.14. The van der Waals surface area contributed by atoms with E-state index in [1.54, 1.807) is 0 Å². The fraction of sp³-hybridized carbons (Fsp3) is 0.111. The molecule has 0 radical (unpaired) electrons. The first-order chi connectivity index (χ1) is 7.72. The molecule has 16 heavy (non-hydrogen) atoms. The Labute approximate surface area is 94.4 Å². The van der Waals surface area contributed by atoms with E-state index in [4.69, 9.17) is 5.84 Å². The summed E-state index contributed by atoms with van der Waals surface area (Å²) in [4.78, 5) is 0. The highest BCUT2D eigenvalue weighted by Gasteiger charge is 2.19. The van der Waals surface area contributed by atoms with Gasteiger partial charge in [-0.25, -0.2) is 14.2 Å². The van der Waals surface area contributed by atoms with E-state index in [1.807, 2.05) is 0 Å². The van der Waals surface area contributed by atoms with Crippen LogP contribution in [0.15, 0.2) is 24.4 Å². The molecule has 1 unspecified atom stereocenters. The van der Waals surface area contributed by atoms with E-state index in [1.165, 1.54) is 6.20 Å². The van der Waals surface area contributed by atoms with Gasteiger partial charge in [-0.1, -0.05) is 0 Å². The maximum absolute atomic E-state index is 13.5. The molecule has 0 aliphatic carbocycles. The van der Waals surface area contributed by atoms with Crippen molar-refractivity contribution in [2.45, 2.75) is 6.04 Å². The van der Waals surface area contributed by atoms with E-state index in [9.17, 15) is 8.78 Å². The number of nitrogens with two attached hydrogens (primary N) is 1. The molecule has 0 saturated carbocycles. The van der Waals surface area contributed by atoms with Gasteiger partial charge in [0, 0.05) is 5.56 Å². The minimum absolute atomic E-state index is 0.107. The van der Waals surface area contributed by atoms with Crippen molar-refractivity contribution in [3.8, 4) is 0 Å². The summed E-state index contributed by atoms with van der Waals surface area (Å²) < 4.78 is 34.2. The van der Waals surface area contributed by atoms with Gasteiger partial charge in [-0.05, 0) is 18.2 Å². The molecule has 84 valence electrons. The molecular formula is C9H8F2N4S. The van der Waals surface area contributed by atoms with E-state index >= 15 is 0 Å². The Kier molecular flexibility index (Phi) is 3.18. The number of halogens is 2. The summed E-state index contributed by atoms with van der Waals surface area (Å²) in [7, 11) is 0. The van der Waals surface area contributed by atoms with Crippen molar-refractivity contribution in [2.75, 3.05) is 0 Å². The first-order valence-electron chi connectivity index (χ1n) is 4.41. The summed E-state index contributed by atoms with van der Waals surface area (Å²) >= 11 is 0.976. The summed E-state index contributed by atoms with van der Waals surface area (Å²) in [6.07, 6.45) is 1.46. The molecule has 3 N–H and O–H groups in total. The molecule has 0 aliphatic rings. The standard InChI is InChI=1S/C9H8F2N4S/c10-5-1-2-7(11)6(3-5)9(14-12)8-4-13-16-15-8/h1-4,9,14H,12H2. The normalized spacial score (nSPS) is 12.7. The molecule has 0 amide bonds. The van der Waals surface area contributed by atoms with Crippen LogP contribution in [0.5, 0.6) is 0 Å². The Morgan fingerprint density at radius 3 is 2.81 bits per heavy atom. The molecule has 1 atom stereocenters.